The summed E-state index contributed by atoms with van der Waals surface area (Å²) in [7, 11) is 0. The smallest absolute Gasteiger partial charge is 0.220 e. The van der Waals surface area contributed by atoms with Crippen molar-refractivity contribution in [3.05, 3.63) is 58.7 Å². The standard InChI is InChI=1S/C21H21ClN2O3/c22-17-10-14(11-19-21(17)27-9-8-26-19)12-24-20(25)7-3-4-15-13-23-18-6-2-1-5-16(15)18/h1-2,5-6,10-11,13,23H,3-4,7-9,12H2,(H,24,25). The van der Waals surface area contributed by atoms with Crippen molar-refractivity contribution in [2.24, 2.45) is 0 Å². The van der Waals surface area contributed by atoms with E-state index >= 15 is 0 Å². The van der Waals surface area contributed by atoms with Crippen molar-refractivity contribution >= 4 is 28.4 Å². The predicted octanol–water partition coefficient (Wildman–Crippen LogP) is 4.23. The Morgan fingerprint density at radius 1 is 1.19 bits per heavy atom. The number of fused-ring (bicyclic) bond motifs is 2. The number of ether oxygens (including phenoxy) is 2. The second-order valence-corrected chi connectivity index (χ2v) is 7.00. The Hall–Kier alpha value is -2.66. The van der Waals surface area contributed by atoms with Gasteiger partial charge in [-0.1, -0.05) is 29.8 Å². The summed E-state index contributed by atoms with van der Waals surface area (Å²) in [6, 6.07) is 11.9. The number of aryl methyl sites for hydroxylation is 1. The molecule has 3 aromatic rings. The van der Waals surface area contributed by atoms with E-state index in [0.717, 1.165) is 23.9 Å². The van der Waals surface area contributed by atoms with Crippen LogP contribution in [0.2, 0.25) is 5.02 Å². The summed E-state index contributed by atoms with van der Waals surface area (Å²) in [5.74, 6) is 1.25. The van der Waals surface area contributed by atoms with Crippen molar-refractivity contribution in [2.75, 3.05) is 13.2 Å². The first kappa shape index (κ1) is 17.7. The van der Waals surface area contributed by atoms with Gasteiger partial charge in [-0.05, 0) is 42.2 Å². The summed E-state index contributed by atoms with van der Waals surface area (Å²) in [5.41, 5.74) is 3.28. The van der Waals surface area contributed by atoms with Gasteiger partial charge in [-0.15, -0.1) is 0 Å². The van der Waals surface area contributed by atoms with Crippen LogP contribution in [-0.4, -0.2) is 24.1 Å². The molecule has 4 rings (SSSR count). The highest BCUT2D eigenvalue weighted by Gasteiger charge is 2.16. The van der Waals surface area contributed by atoms with Crippen LogP contribution in [0.1, 0.15) is 24.0 Å². The minimum absolute atomic E-state index is 0.0286. The van der Waals surface area contributed by atoms with E-state index in [2.05, 4.69) is 22.4 Å². The molecular weight excluding hydrogens is 364 g/mol. The number of rotatable bonds is 6. The van der Waals surface area contributed by atoms with Gasteiger partial charge in [-0.3, -0.25) is 4.79 Å². The summed E-state index contributed by atoms with van der Waals surface area (Å²) in [6.45, 7) is 1.43. The largest absolute Gasteiger partial charge is 0.486 e. The molecule has 0 unspecified atom stereocenters. The zero-order valence-corrected chi connectivity index (χ0v) is 15.6. The van der Waals surface area contributed by atoms with Crippen LogP contribution in [0.3, 0.4) is 0 Å². The molecule has 1 amide bonds. The van der Waals surface area contributed by atoms with Crippen LogP contribution < -0.4 is 14.8 Å². The molecule has 1 aliphatic heterocycles. The molecule has 140 valence electrons. The van der Waals surface area contributed by atoms with Crippen molar-refractivity contribution in [2.45, 2.75) is 25.8 Å². The van der Waals surface area contributed by atoms with E-state index < -0.39 is 0 Å². The van der Waals surface area contributed by atoms with Crippen LogP contribution in [0, 0.1) is 0 Å². The summed E-state index contributed by atoms with van der Waals surface area (Å²) >= 11 is 6.23. The third-order valence-electron chi connectivity index (χ3n) is 4.67. The predicted molar refractivity (Wildman–Crippen MR) is 106 cm³/mol. The maximum Gasteiger partial charge on any atom is 0.220 e. The van der Waals surface area contributed by atoms with Gasteiger partial charge >= 0.3 is 0 Å². The molecule has 2 heterocycles. The zero-order chi connectivity index (χ0) is 18.6. The van der Waals surface area contributed by atoms with Gasteiger partial charge in [0.15, 0.2) is 11.5 Å². The molecule has 5 nitrogen and oxygen atoms in total. The number of hydrogen-bond donors (Lipinski definition) is 2. The Morgan fingerprint density at radius 2 is 2.04 bits per heavy atom. The Labute approximate surface area is 162 Å². The highest BCUT2D eigenvalue weighted by molar-refractivity contribution is 6.32. The van der Waals surface area contributed by atoms with Gasteiger partial charge in [0.1, 0.15) is 13.2 Å². The monoisotopic (exact) mass is 384 g/mol. The Kier molecular flexibility index (Phi) is 5.21. The molecule has 1 aliphatic rings. The van der Waals surface area contributed by atoms with Gasteiger partial charge in [-0.2, -0.15) is 0 Å². The van der Waals surface area contributed by atoms with Crippen molar-refractivity contribution in [1.29, 1.82) is 0 Å². The maximum absolute atomic E-state index is 12.2. The first-order valence-corrected chi connectivity index (χ1v) is 9.48. The van der Waals surface area contributed by atoms with Gasteiger partial charge in [0, 0.05) is 30.1 Å². The molecule has 2 N–H and O–H groups in total. The lowest BCUT2D eigenvalue weighted by Gasteiger charge is -2.20. The Bertz CT molecular complexity index is 967. The van der Waals surface area contributed by atoms with Gasteiger partial charge in [-0.25, -0.2) is 0 Å². The van der Waals surface area contributed by atoms with Gasteiger partial charge in [0.2, 0.25) is 5.91 Å². The fourth-order valence-corrected chi connectivity index (χ4v) is 3.62. The third-order valence-corrected chi connectivity index (χ3v) is 4.95. The molecule has 6 heteroatoms. The van der Waals surface area contributed by atoms with E-state index in [1.807, 2.05) is 24.4 Å². The van der Waals surface area contributed by atoms with Crippen LogP contribution in [0.15, 0.2) is 42.6 Å². The molecule has 0 saturated carbocycles. The quantitative estimate of drug-likeness (QED) is 0.668. The second kappa shape index (κ2) is 7.92. The van der Waals surface area contributed by atoms with Crippen molar-refractivity contribution in [3.8, 4) is 11.5 Å². The molecule has 0 spiro atoms. The average molecular weight is 385 g/mol. The van der Waals surface area contributed by atoms with Crippen LogP contribution in [0.5, 0.6) is 11.5 Å². The first-order chi connectivity index (χ1) is 13.2. The van der Waals surface area contributed by atoms with E-state index in [4.69, 9.17) is 21.1 Å². The van der Waals surface area contributed by atoms with E-state index in [1.54, 1.807) is 6.07 Å². The Morgan fingerprint density at radius 3 is 2.96 bits per heavy atom. The molecule has 0 fully saturated rings. The molecule has 0 radical (unpaired) electrons. The fraction of sp³-hybridized carbons (Fsp3) is 0.286. The summed E-state index contributed by atoms with van der Waals surface area (Å²) in [5, 5.41) is 4.68. The van der Waals surface area contributed by atoms with Crippen molar-refractivity contribution < 1.29 is 14.3 Å². The first-order valence-electron chi connectivity index (χ1n) is 9.10. The van der Waals surface area contributed by atoms with Gasteiger partial charge < -0.3 is 19.8 Å². The van der Waals surface area contributed by atoms with Crippen molar-refractivity contribution in [3.63, 3.8) is 0 Å². The summed E-state index contributed by atoms with van der Waals surface area (Å²) in [4.78, 5) is 15.4. The number of amides is 1. The molecular formula is C21H21ClN2O3. The SMILES string of the molecule is O=C(CCCc1c[nH]c2ccccc12)NCc1cc(Cl)c2c(c1)OCCO2. The molecule has 27 heavy (non-hydrogen) atoms. The van der Waals surface area contributed by atoms with Gasteiger partial charge in [0.05, 0.1) is 5.02 Å². The number of carbonyl (C=O) groups is 1. The summed E-state index contributed by atoms with van der Waals surface area (Å²) < 4.78 is 11.1. The minimum Gasteiger partial charge on any atom is -0.486 e. The highest BCUT2D eigenvalue weighted by atomic mass is 35.5. The number of aromatic amines is 1. The van der Waals surface area contributed by atoms with Gasteiger partial charge in [0.25, 0.3) is 0 Å². The number of H-pyrrole nitrogens is 1. The van der Waals surface area contributed by atoms with E-state index in [9.17, 15) is 4.79 Å². The lowest BCUT2D eigenvalue weighted by Crippen LogP contribution is -2.23. The van der Waals surface area contributed by atoms with Crippen LogP contribution in [0.4, 0.5) is 0 Å². The number of nitrogens with one attached hydrogen (secondary N) is 2. The molecule has 1 aromatic heterocycles. The third kappa shape index (κ3) is 4.03. The van der Waals surface area contributed by atoms with Crippen LogP contribution >= 0.6 is 11.6 Å². The highest BCUT2D eigenvalue weighted by Crippen LogP contribution is 2.38. The zero-order valence-electron chi connectivity index (χ0n) is 14.9. The molecule has 0 aliphatic carbocycles. The number of halogens is 1. The topological polar surface area (TPSA) is 63.4 Å². The lowest BCUT2D eigenvalue weighted by molar-refractivity contribution is -0.121. The number of carbonyl (C=O) groups excluding carboxylic acids is 1. The van der Waals surface area contributed by atoms with E-state index in [-0.39, 0.29) is 5.91 Å². The number of benzene rings is 2. The van der Waals surface area contributed by atoms with Crippen LogP contribution in [-0.2, 0) is 17.8 Å². The number of hydrogen-bond acceptors (Lipinski definition) is 3. The van der Waals surface area contributed by atoms with Crippen molar-refractivity contribution in [1.82, 2.24) is 10.3 Å². The minimum atomic E-state index is 0.0286. The molecule has 0 saturated heterocycles. The molecule has 0 atom stereocenters. The number of para-hydroxylation sites is 1. The lowest BCUT2D eigenvalue weighted by atomic mass is 10.1. The Balaban J connectivity index is 1.28. The number of aromatic nitrogens is 1. The normalized spacial score (nSPS) is 12.9. The average Bonchev–Trinajstić information content (AvgIpc) is 3.10. The van der Waals surface area contributed by atoms with Crippen LogP contribution in [0.25, 0.3) is 10.9 Å². The van der Waals surface area contributed by atoms with E-state index in [0.29, 0.717) is 42.7 Å². The maximum atomic E-state index is 12.2. The molecule has 0 bridgehead atoms. The second-order valence-electron chi connectivity index (χ2n) is 6.59. The molecule has 2 aromatic carbocycles. The fourth-order valence-electron chi connectivity index (χ4n) is 3.33. The van der Waals surface area contributed by atoms with E-state index in [1.165, 1.54) is 10.9 Å². The summed E-state index contributed by atoms with van der Waals surface area (Å²) in [6.07, 6.45) is 4.18.